The van der Waals surface area contributed by atoms with Crippen molar-refractivity contribution in [1.82, 2.24) is 10.3 Å². The third kappa shape index (κ3) is 4.59. The smallest absolute Gasteiger partial charge is 0.258 e. The van der Waals surface area contributed by atoms with Crippen LogP contribution in [0.1, 0.15) is 17.2 Å². The molecule has 31 heavy (non-hydrogen) atoms. The van der Waals surface area contributed by atoms with Gasteiger partial charge >= 0.3 is 0 Å². The molecule has 0 aliphatic carbocycles. The van der Waals surface area contributed by atoms with E-state index in [0.29, 0.717) is 22.6 Å². The van der Waals surface area contributed by atoms with E-state index in [4.69, 9.17) is 9.47 Å². The fourth-order valence-corrected chi connectivity index (χ4v) is 3.39. The molecule has 6 heteroatoms. The first kappa shape index (κ1) is 20.2. The van der Waals surface area contributed by atoms with Crippen molar-refractivity contribution in [3.8, 4) is 17.2 Å². The summed E-state index contributed by atoms with van der Waals surface area (Å²) in [4.78, 5) is 17.0. The SMILES string of the molecule is COc1ccc(OCC(=O)NC(c2ccccc2)c2ccc3cccnc3c2O)cc1. The zero-order valence-corrected chi connectivity index (χ0v) is 17.0. The fourth-order valence-electron chi connectivity index (χ4n) is 3.39. The number of amides is 1. The summed E-state index contributed by atoms with van der Waals surface area (Å²) >= 11 is 0. The first-order chi connectivity index (χ1) is 15.2. The number of phenols is 1. The van der Waals surface area contributed by atoms with E-state index in [2.05, 4.69) is 10.3 Å². The average Bonchev–Trinajstić information content (AvgIpc) is 2.83. The summed E-state index contributed by atoms with van der Waals surface area (Å²) in [6, 6.07) is 23.3. The van der Waals surface area contributed by atoms with Crippen LogP contribution < -0.4 is 14.8 Å². The molecule has 4 rings (SSSR count). The number of phenolic OH excluding ortho intramolecular Hbond substituents is 1. The van der Waals surface area contributed by atoms with Crippen LogP contribution in [0.25, 0.3) is 10.9 Å². The molecule has 2 N–H and O–H groups in total. The van der Waals surface area contributed by atoms with E-state index in [1.807, 2.05) is 54.6 Å². The maximum atomic E-state index is 12.7. The zero-order valence-electron chi connectivity index (χ0n) is 17.0. The first-order valence-corrected chi connectivity index (χ1v) is 9.83. The number of carbonyl (C=O) groups excluding carboxylic acids is 1. The van der Waals surface area contributed by atoms with Crippen molar-refractivity contribution in [2.75, 3.05) is 13.7 Å². The molecule has 0 bridgehead atoms. The van der Waals surface area contributed by atoms with E-state index < -0.39 is 6.04 Å². The topological polar surface area (TPSA) is 80.7 Å². The van der Waals surface area contributed by atoms with Crippen LogP contribution in [0, 0.1) is 0 Å². The predicted molar refractivity (Wildman–Crippen MR) is 118 cm³/mol. The molecule has 0 spiro atoms. The van der Waals surface area contributed by atoms with Gasteiger partial charge in [-0.25, -0.2) is 0 Å². The quantitative estimate of drug-likeness (QED) is 0.473. The lowest BCUT2D eigenvalue weighted by Crippen LogP contribution is -2.33. The van der Waals surface area contributed by atoms with Crippen molar-refractivity contribution in [3.05, 3.63) is 96.2 Å². The molecule has 0 radical (unpaired) electrons. The number of aromatic nitrogens is 1. The fraction of sp³-hybridized carbons (Fsp3) is 0.120. The summed E-state index contributed by atoms with van der Waals surface area (Å²) < 4.78 is 10.7. The lowest BCUT2D eigenvalue weighted by Gasteiger charge is -2.21. The number of benzene rings is 3. The highest BCUT2D eigenvalue weighted by molar-refractivity contribution is 5.86. The molecule has 0 fully saturated rings. The van der Waals surface area contributed by atoms with Gasteiger partial charge < -0.3 is 19.9 Å². The van der Waals surface area contributed by atoms with Gasteiger partial charge in [0.05, 0.1) is 13.2 Å². The minimum Gasteiger partial charge on any atom is -0.505 e. The Balaban J connectivity index is 1.57. The summed E-state index contributed by atoms with van der Waals surface area (Å²) in [5, 5.41) is 14.7. The minimum absolute atomic E-state index is 0.0447. The maximum absolute atomic E-state index is 12.7. The third-order valence-corrected chi connectivity index (χ3v) is 4.96. The number of nitrogens with one attached hydrogen (secondary N) is 1. The normalized spacial score (nSPS) is 11.6. The van der Waals surface area contributed by atoms with Crippen LogP contribution in [0.5, 0.6) is 17.2 Å². The van der Waals surface area contributed by atoms with Gasteiger partial charge in [0, 0.05) is 17.1 Å². The number of methoxy groups -OCH3 is 1. The molecule has 0 aliphatic rings. The van der Waals surface area contributed by atoms with Crippen LogP contribution in [0.2, 0.25) is 0 Å². The minimum atomic E-state index is -0.556. The number of nitrogens with zero attached hydrogens (tertiary/aromatic N) is 1. The molecule has 0 saturated carbocycles. The first-order valence-electron chi connectivity index (χ1n) is 9.83. The zero-order chi connectivity index (χ0) is 21.6. The molecular formula is C25H22N2O4. The number of aromatic hydroxyl groups is 1. The van der Waals surface area contributed by atoms with Crippen molar-refractivity contribution >= 4 is 16.8 Å². The van der Waals surface area contributed by atoms with Gasteiger partial charge in [-0.2, -0.15) is 0 Å². The predicted octanol–water partition coefficient (Wildman–Crippen LogP) is 4.23. The summed E-state index contributed by atoms with van der Waals surface area (Å²) in [5.74, 6) is 1.000. The molecule has 0 aliphatic heterocycles. The maximum Gasteiger partial charge on any atom is 0.258 e. The summed E-state index contributed by atoms with van der Waals surface area (Å²) in [6.45, 7) is -0.164. The average molecular weight is 414 g/mol. The van der Waals surface area contributed by atoms with Gasteiger partial charge in [-0.05, 0) is 35.9 Å². The molecule has 1 unspecified atom stereocenters. The Hall–Kier alpha value is -4.06. The van der Waals surface area contributed by atoms with Crippen LogP contribution in [0.3, 0.4) is 0 Å². The molecular weight excluding hydrogens is 392 g/mol. The molecule has 0 saturated heterocycles. The Morgan fingerprint density at radius 1 is 0.968 bits per heavy atom. The number of ether oxygens (including phenoxy) is 2. The van der Waals surface area contributed by atoms with Gasteiger partial charge in [-0.1, -0.05) is 48.5 Å². The van der Waals surface area contributed by atoms with Crippen molar-refractivity contribution in [2.24, 2.45) is 0 Å². The van der Waals surface area contributed by atoms with Gasteiger partial charge in [0.1, 0.15) is 22.8 Å². The molecule has 1 aromatic heterocycles. The number of rotatable bonds is 7. The second-order valence-electron chi connectivity index (χ2n) is 6.95. The van der Waals surface area contributed by atoms with Crippen molar-refractivity contribution in [1.29, 1.82) is 0 Å². The number of hydrogen-bond acceptors (Lipinski definition) is 5. The third-order valence-electron chi connectivity index (χ3n) is 4.96. The molecule has 1 atom stereocenters. The molecule has 1 amide bonds. The van der Waals surface area contributed by atoms with Gasteiger partial charge in [-0.15, -0.1) is 0 Å². The van der Waals surface area contributed by atoms with Crippen molar-refractivity contribution in [3.63, 3.8) is 0 Å². The van der Waals surface area contributed by atoms with E-state index in [1.54, 1.807) is 37.6 Å². The number of fused-ring (bicyclic) bond motifs is 1. The van der Waals surface area contributed by atoms with Crippen LogP contribution in [0.15, 0.2) is 85.1 Å². The van der Waals surface area contributed by atoms with E-state index in [1.165, 1.54) is 0 Å². The highest BCUT2D eigenvalue weighted by atomic mass is 16.5. The molecule has 6 nitrogen and oxygen atoms in total. The monoisotopic (exact) mass is 414 g/mol. The molecule has 156 valence electrons. The Morgan fingerprint density at radius 3 is 2.45 bits per heavy atom. The molecule has 4 aromatic rings. The van der Waals surface area contributed by atoms with Crippen LogP contribution in [-0.2, 0) is 4.79 Å². The lowest BCUT2D eigenvalue weighted by atomic mass is 9.96. The van der Waals surface area contributed by atoms with Gasteiger partial charge in [0.15, 0.2) is 6.61 Å². The molecule has 3 aromatic carbocycles. The Bertz CT molecular complexity index is 1180. The lowest BCUT2D eigenvalue weighted by molar-refractivity contribution is -0.123. The second kappa shape index (κ2) is 9.17. The number of carbonyl (C=O) groups is 1. The standard InChI is InChI=1S/C25H22N2O4/c1-30-19-10-12-20(13-11-19)31-16-22(28)27-23(17-6-3-2-4-7-17)21-14-9-18-8-5-15-26-24(18)25(21)29/h2-15,23,29H,16H2,1H3,(H,27,28). The van der Waals surface area contributed by atoms with Crippen molar-refractivity contribution in [2.45, 2.75) is 6.04 Å². The van der Waals surface area contributed by atoms with Crippen LogP contribution in [0.4, 0.5) is 0 Å². The summed E-state index contributed by atoms with van der Waals surface area (Å²) in [6.07, 6.45) is 1.63. The van der Waals surface area contributed by atoms with Gasteiger partial charge in [-0.3, -0.25) is 9.78 Å². The highest BCUT2D eigenvalue weighted by Gasteiger charge is 2.22. The molecule has 1 heterocycles. The summed E-state index contributed by atoms with van der Waals surface area (Å²) in [5.41, 5.74) is 1.89. The Labute approximate surface area is 180 Å². The van der Waals surface area contributed by atoms with Crippen LogP contribution in [-0.4, -0.2) is 29.7 Å². The van der Waals surface area contributed by atoms with E-state index in [-0.39, 0.29) is 18.3 Å². The van der Waals surface area contributed by atoms with E-state index >= 15 is 0 Å². The van der Waals surface area contributed by atoms with E-state index in [9.17, 15) is 9.90 Å². The van der Waals surface area contributed by atoms with Gasteiger partial charge in [0.25, 0.3) is 5.91 Å². The Kier molecular flexibility index (Phi) is 5.98. The number of pyridine rings is 1. The largest absolute Gasteiger partial charge is 0.505 e. The van der Waals surface area contributed by atoms with Crippen molar-refractivity contribution < 1.29 is 19.4 Å². The number of hydrogen-bond donors (Lipinski definition) is 2. The second-order valence-corrected chi connectivity index (χ2v) is 6.95. The highest BCUT2D eigenvalue weighted by Crippen LogP contribution is 2.34. The summed E-state index contributed by atoms with van der Waals surface area (Å²) in [7, 11) is 1.59. The Morgan fingerprint density at radius 2 is 1.71 bits per heavy atom. The van der Waals surface area contributed by atoms with E-state index in [0.717, 1.165) is 10.9 Å². The van der Waals surface area contributed by atoms with Gasteiger partial charge in [0.2, 0.25) is 0 Å². The van der Waals surface area contributed by atoms with Crippen LogP contribution >= 0.6 is 0 Å².